The summed E-state index contributed by atoms with van der Waals surface area (Å²) in [4.78, 5) is 24.8. The second kappa shape index (κ2) is 6.01. The van der Waals surface area contributed by atoms with Crippen molar-refractivity contribution in [2.75, 3.05) is 13.1 Å². The highest BCUT2D eigenvalue weighted by atomic mass is 35.5. The Morgan fingerprint density at radius 2 is 1.78 bits per heavy atom. The molecule has 2 rings (SSSR count). The van der Waals surface area contributed by atoms with Crippen molar-refractivity contribution in [2.45, 2.75) is 25.7 Å². The van der Waals surface area contributed by atoms with Crippen molar-refractivity contribution in [3.05, 3.63) is 34.9 Å². The Hall–Kier alpha value is -1.35. The van der Waals surface area contributed by atoms with Crippen molar-refractivity contribution >= 4 is 23.3 Å². The Balaban J connectivity index is 1.81. The van der Waals surface area contributed by atoms with Crippen molar-refractivity contribution in [1.82, 2.24) is 4.90 Å². The Kier molecular flexibility index (Phi) is 4.37. The quantitative estimate of drug-likeness (QED) is 0.842. The van der Waals surface area contributed by atoms with E-state index in [9.17, 15) is 9.59 Å². The molecule has 0 bridgehead atoms. The van der Waals surface area contributed by atoms with Crippen LogP contribution in [0.1, 0.15) is 24.8 Å². The lowest BCUT2D eigenvalue weighted by atomic mass is 10.1. The molecule has 0 spiro atoms. The van der Waals surface area contributed by atoms with Gasteiger partial charge in [-0.3, -0.25) is 9.59 Å². The fourth-order valence-corrected chi connectivity index (χ4v) is 2.19. The summed E-state index contributed by atoms with van der Waals surface area (Å²) in [5.74, 6) is 0.397. The van der Waals surface area contributed by atoms with Crippen molar-refractivity contribution in [1.29, 1.82) is 0 Å². The summed E-state index contributed by atoms with van der Waals surface area (Å²) in [5.41, 5.74) is 1.11. The Bertz CT molecular complexity index is 432. The van der Waals surface area contributed by atoms with Crippen molar-refractivity contribution in [3.63, 3.8) is 0 Å². The van der Waals surface area contributed by atoms with E-state index in [1.165, 1.54) is 0 Å². The summed E-state index contributed by atoms with van der Waals surface area (Å²) in [6, 6.07) is 7.55. The molecule has 1 aromatic carbocycles. The third-order valence-electron chi connectivity index (χ3n) is 3.21. The van der Waals surface area contributed by atoms with E-state index >= 15 is 0 Å². The standard InChI is InChI=1S/C14H16ClNO2/c15-12-4-1-11(2-5-12)3-6-14(18)16-9-7-13(17)8-10-16/h1-2,4-5H,3,6-10H2. The Morgan fingerprint density at radius 1 is 1.17 bits per heavy atom. The zero-order valence-corrected chi connectivity index (χ0v) is 10.9. The lowest BCUT2D eigenvalue weighted by Gasteiger charge is -2.26. The molecule has 1 heterocycles. The largest absolute Gasteiger partial charge is 0.342 e. The van der Waals surface area contributed by atoms with E-state index in [-0.39, 0.29) is 11.7 Å². The van der Waals surface area contributed by atoms with Gasteiger partial charge in [-0.25, -0.2) is 0 Å². The zero-order valence-electron chi connectivity index (χ0n) is 10.2. The number of hydrogen-bond donors (Lipinski definition) is 0. The number of carbonyl (C=O) groups is 2. The molecule has 1 fully saturated rings. The predicted octanol–water partition coefficient (Wildman–Crippen LogP) is 2.46. The maximum Gasteiger partial charge on any atom is 0.222 e. The first-order valence-corrected chi connectivity index (χ1v) is 6.57. The third-order valence-corrected chi connectivity index (χ3v) is 3.47. The number of piperidine rings is 1. The van der Waals surface area contributed by atoms with Crippen molar-refractivity contribution in [2.24, 2.45) is 0 Å². The number of hydrogen-bond acceptors (Lipinski definition) is 2. The second-order valence-electron chi connectivity index (χ2n) is 4.55. The van der Waals surface area contributed by atoms with E-state index in [0.29, 0.717) is 37.4 Å². The molecule has 0 radical (unpaired) electrons. The van der Waals surface area contributed by atoms with E-state index in [0.717, 1.165) is 12.0 Å². The molecule has 0 N–H and O–H groups in total. The van der Waals surface area contributed by atoms with Crippen LogP contribution in [0.3, 0.4) is 0 Å². The molecule has 0 aromatic heterocycles. The predicted molar refractivity (Wildman–Crippen MR) is 70.6 cm³/mol. The highest BCUT2D eigenvalue weighted by Gasteiger charge is 2.20. The zero-order chi connectivity index (χ0) is 13.0. The first-order valence-electron chi connectivity index (χ1n) is 6.19. The van der Waals surface area contributed by atoms with E-state index in [1.54, 1.807) is 4.90 Å². The normalized spacial score (nSPS) is 15.8. The molecule has 1 amide bonds. The fourth-order valence-electron chi connectivity index (χ4n) is 2.07. The molecule has 96 valence electrons. The number of nitrogens with zero attached hydrogens (tertiary/aromatic N) is 1. The summed E-state index contributed by atoms with van der Waals surface area (Å²) >= 11 is 5.80. The minimum atomic E-state index is 0.137. The molecule has 0 aliphatic carbocycles. The number of aryl methyl sites for hydroxylation is 1. The minimum absolute atomic E-state index is 0.137. The third kappa shape index (κ3) is 3.57. The molecule has 1 aromatic rings. The van der Waals surface area contributed by atoms with Crippen LogP contribution in [0.25, 0.3) is 0 Å². The number of carbonyl (C=O) groups excluding carboxylic acids is 2. The van der Waals surface area contributed by atoms with Crippen molar-refractivity contribution in [3.8, 4) is 0 Å². The monoisotopic (exact) mass is 265 g/mol. The average molecular weight is 266 g/mol. The molecule has 18 heavy (non-hydrogen) atoms. The summed E-state index contributed by atoms with van der Waals surface area (Å²) in [7, 11) is 0. The van der Waals surface area contributed by atoms with Gasteiger partial charge in [0.05, 0.1) is 0 Å². The number of amides is 1. The molecule has 4 heteroatoms. The minimum Gasteiger partial charge on any atom is -0.342 e. The van der Waals surface area contributed by atoms with Crippen LogP contribution in [0.4, 0.5) is 0 Å². The van der Waals surface area contributed by atoms with Gasteiger partial charge in [0.15, 0.2) is 0 Å². The summed E-state index contributed by atoms with van der Waals surface area (Å²) < 4.78 is 0. The van der Waals surface area contributed by atoms with Crippen LogP contribution in [-0.2, 0) is 16.0 Å². The highest BCUT2D eigenvalue weighted by molar-refractivity contribution is 6.30. The summed E-state index contributed by atoms with van der Waals surface area (Å²) in [6.07, 6.45) is 2.23. The topological polar surface area (TPSA) is 37.4 Å². The summed E-state index contributed by atoms with van der Waals surface area (Å²) in [6.45, 7) is 1.16. The van der Waals surface area contributed by atoms with Gasteiger partial charge in [0, 0.05) is 37.4 Å². The fraction of sp³-hybridized carbons (Fsp3) is 0.429. The molecular weight excluding hydrogens is 250 g/mol. The van der Waals surface area contributed by atoms with Gasteiger partial charge in [0.25, 0.3) is 0 Å². The van der Waals surface area contributed by atoms with Crippen LogP contribution in [0.2, 0.25) is 5.02 Å². The smallest absolute Gasteiger partial charge is 0.222 e. The lowest BCUT2D eigenvalue weighted by molar-refractivity contribution is -0.134. The number of likely N-dealkylation sites (tertiary alicyclic amines) is 1. The van der Waals surface area contributed by atoms with Crippen LogP contribution < -0.4 is 0 Å². The Labute approximate surface area is 112 Å². The molecule has 1 aliphatic heterocycles. The average Bonchev–Trinajstić information content (AvgIpc) is 2.38. The van der Waals surface area contributed by atoms with Crippen LogP contribution in [0, 0.1) is 0 Å². The van der Waals surface area contributed by atoms with Gasteiger partial charge in [-0.15, -0.1) is 0 Å². The van der Waals surface area contributed by atoms with Gasteiger partial charge in [0.2, 0.25) is 5.91 Å². The molecule has 0 unspecified atom stereocenters. The second-order valence-corrected chi connectivity index (χ2v) is 4.98. The van der Waals surface area contributed by atoms with Gasteiger partial charge in [-0.05, 0) is 24.1 Å². The van der Waals surface area contributed by atoms with Crippen LogP contribution >= 0.6 is 11.6 Å². The number of halogens is 1. The van der Waals surface area contributed by atoms with Gasteiger partial charge in [-0.1, -0.05) is 23.7 Å². The Morgan fingerprint density at radius 3 is 2.39 bits per heavy atom. The first-order chi connectivity index (χ1) is 8.65. The van der Waals surface area contributed by atoms with Crippen molar-refractivity contribution < 1.29 is 9.59 Å². The van der Waals surface area contributed by atoms with Crippen LogP contribution in [0.5, 0.6) is 0 Å². The number of ketones is 1. The van der Waals surface area contributed by atoms with Gasteiger partial charge in [-0.2, -0.15) is 0 Å². The molecule has 3 nitrogen and oxygen atoms in total. The van der Waals surface area contributed by atoms with Crippen LogP contribution in [0.15, 0.2) is 24.3 Å². The van der Waals surface area contributed by atoms with Gasteiger partial charge < -0.3 is 4.90 Å². The maximum atomic E-state index is 11.9. The van der Waals surface area contributed by atoms with E-state index in [1.807, 2.05) is 24.3 Å². The van der Waals surface area contributed by atoms with E-state index < -0.39 is 0 Å². The lowest BCUT2D eigenvalue weighted by Crippen LogP contribution is -2.38. The molecule has 0 atom stereocenters. The van der Waals surface area contributed by atoms with Gasteiger partial charge in [0.1, 0.15) is 5.78 Å². The van der Waals surface area contributed by atoms with E-state index in [2.05, 4.69) is 0 Å². The molecule has 1 aliphatic rings. The molecular formula is C14H16ClNO2. The first kappa shape index (κ1) is 13.1. The molecule has 0 saturated carbocycles. The maximum absolute atomic E-state index is 11.9. The van der Waals surface area contributed by atoms with E-state index in [4.69, 9.17) is 11.6 Å². The van der Waals surface area contributed by atoms with Gasteiger partial charge >= 0.3 is 0 Å². The van der Waals surface area contributed by atoms with Crippen LogP contribution in [-0.4, -0.2) is 29.7 Å². The number of Topliss-reactive ketones (excluding diaryl/α,β-unsaturated/α-hetero) is 1. The number of benzene rings is 1. The SMILES string of the molecule is O=C1CCN(C(=O)CCc2ccc(Cl)cc2)CC1. The molecule has 1 saturated heterocycles. The number of rotatable bonds is 3. The summed E-state index contributed by atoms with van der Waals surface area (Å²) in [5, 5.41) is 0.708. The highest BCUT2D eigenvalue weighted by Crippen LogP contribution is 2.13.